The van der Waals surface area contributed by atoms with Crippen LogP contribution in [0.15, 0.2) is 48.5 Å². The molecule has 0 fully saturated rings. The molecule has 2 aromatic rings. The lowest BCUT2D eigenvalue weighted by Crippen LogP contribution is -2.15. The number of rotatable bonds is 3. The maximum absolute atomic E-state index is 12.7. The quantitative estimate of drug-likeness (QED) is 0.886. The van der Waals surface area contributed by atoms with E-state index in [9.17, 15) is 23.4 Å². The van der Waals surface area contributed by atoms with Crippen molar-refractivity contribution < 1.29 is 23.4 Å². The van der Waals surface area contributed by atoms with Crippen molar-refractivity contribution in [2.75, 3.05) is 0 Å². The smallest absolute Gasteiger partial charge is 0.390 e. The van der Waals surface area contributed by atoms with Crippen LogP contribution in [0.3, 0.4) is 0 Å². The summed E-state index contributed by atoms with van der Waals surface area (Å²) in [4.78, 5) is 0. The first-order valence-corrected chi connectivity index (χ1v) is 6.00. The Labute approximate surface area is 114 Å². The molecule has 0 aliphatic carbocycles. The number of benzene rings is 2. The van der Waals surface area contributed by atoms with Crippen LogP contribution < -0.4 is 0 Å². The van der Waals surface area contributed by atoms with Gasteiger partial charge in [-0.25, -0.2) is 0 Å². The van der Waals surface area contributed by atoms with E-state index in [1.807, 2.05) is 0 Å². The van der Waals surface area contributed by atoms with Crippen molar-refractivity contribution in [3.8, 4) is 11.5 Å². The molecule has 0 amide bonds. The van der Waals surface area contributed by atoms with Gasteiger partial charge < -0.3 is 10.2 Å². The molecule has 0 aromatic heterocycles. The predicted octanol–water partition coefficient (Wildman–Crippen LogP) is 4.18. The summed E-state index contributed by atoms with van der Waals surface area (Å²) in [5.41, 5.74) is 0.927. The Bertz CT molecular complexity index is 514. The highest BCUT2D eigenvalue weighted by molar-refractivity contribution is 5.37. The second-order valence-corrected chi connectivity index (χ2v) is 4.55. The third kappa shape index (κ3) is 3.66. The van der Waals surface area contributed by atoms with Crippen molar-refractivity contribution in [1.29, 1.82) is 0 Å². The van der Waals surface area contributed by atoms with E-state index in [-0.39, 0.29) is 11.5 Å². The lowest BCUT2D eigenvalue weighted by molar-refractivity contribution is -0.136. The first kappa shape index (κ1) is 14.2. The van der Waals surface area contributed by atoms with Crippen LogP contribution in [0.25, 0.3) is 0 Å². The second-order valence-electron chi connectivity index (χ2n) is 4.55. The lowest BCUT2D eigenvalue weighted by Gasteiger charge is -2.20. The lowest BCUT2D eigenvalue weighted by atomic mass is 9.88. The van der Waals surface area contributed by atoms with Gasteiger partial charge in [0.15, 0.2) is 0 Å². The summed E-state index contributed by atoms with van der Waals surface area (Å²) in [7, 11) is 0. The fourth-order valence-electron chi connectivity index (χ4n) is 2.07. The molecule has 2 N–H and O–H groups in total. The fourth-order valence-corrected chi connectivity index (χ4v) is 2.07. The average molecular weight is 282 g/mol. The number of hydrogen-bond donors (Lipinski definition) is 2. The van der Waals surface area contributed by atoms with Crippen molar-refractivity contribution in [1.82, 2.24) is 0 Å². The molecule has 5 heteroatoms. The van der Waals surface area contributed by atoms with Gasteiger partial charge in [0.1, 0.15) is 11.5 Å². The molecule has 0 spiro atoms. The van der Waals surface area contributed by atoms with Gasteiger partial charge >= 0.3 is 6.18 Å². The maximum Gasteiger partial charge on any atom is 0.390 e. The monoisotopic (exact) mass is 282 g/mol. The molecule has 20 heavy (non-hydrogen) atoms. The van der Waals surface area contributed by atoms with Gasteiger partial charge in [-0.2, -0.15) is 13.2 Å². The number of hydrogen-bond acceptors (Lipinski definition) is 2. The number of phenols is 2. The Morgan fingerprint density at radius 3 is 1.40 bits per heavy atom. The Hall–Kier alpha value is -2.17. The molecule has 106 valence electrons. The van der Waals surface area contributed by atoms with Crippen molar-refractivity contribution in [3.63, 3.8) is 0 Å². The first-order chi connectivity index (χ1) is 9.35. The molecule has 0 heterocycles. The van der Waals surface area contributed by atoms with E-state index in [4.69, 9.17) is 0 Å². The van der Waals surface area contributed by atoms with Crippen LogP contribution in [-0.2, 0) is 0 Å². The summed E-state index contributed by atoms with van der Waals surface area (Å²) in [6.07, 6.45) is -5.30. The van der Waals surface area contributed by atoms with E-state index in [0.717, 1.165) is 0 Å². The third-order valence-electron chi connectivity index (χ3n) is 3.03. The number of alkyl halides is 3. The molecule has 0 saturated heterocycles. The second kappa shape index (κ2) is 5.45. The van der Waals surface area contributed by atoms with Crippen molar-refractivity contribution in [2.45, 2.75) is 18.5 Å². The van der Waals surface area contributed by atoms with Crippen LogP contribution >= 0.6 is 0 Å². The first-order valence-electron chi connectivity index (χ1n) is 6.00. The van der Waals surface area contributed by atoms with Crippen molar-refractivity contribution >= 4 is 0 Å². The zero-order valence-electron chi connectivity index (χ0n) is 10.4. The van der Waals surface area contributed by atoms with Crippen LogP contribution in [0, 0.1) is 0 Å². The Kier molecular flexibility index (Phi) is 3.88. The minimum Gasteiger partial charge on any atom is -0.508 e. The molecule has 0 radical (unpaired) electrons. The minimum absolute atomic E-state index is 0.00483. The highest BCUT2D eigenvalue weighted by atomic mass is 19.4. The Morgan fingerprint density at radius 2 is 1.10 bits per heavy atom. The Balaban J connectivity index is 2.38. The summed E-state index contributed by atoms with van der Waals surface area (Å²) in [5, 5.41) is 18.4. The van der Waals surface area contributed by atoms with Gasteiger partial charge in [-0.3, -0.25) is 0 Å². The standard InChI is InChI=1S/C15H13F3O2/c16-15(17,18)9-14(10-1-5-12(19)6-2-10)11-3-7-13(20)8-4-11/h1-8,14,19-20H,9H2. The fraction of sp³-hybridized carbons (Fsp3) is 0.200. The van der Waals surface area contributed by atoms with Crippen molar-refractivity contribution in [2.24, 2.45) is 0 Å². The minimum atomic E-state index is -4.31. The van der Waals surface area contributed by atoms with Crippen LogP contribution in [0.5, 0.6) is 11.5 Å². The molecule has 0 bridgehead atoms. The highest BCUT2D eigenvalue weighted by Crippen LogP contribution is 2.36. The van der Waals surface area contributed by atoms with E-state index in [1.165, 1.54) is 48.5 Å². The zero-order valence-corrected chi connectivity index (χ0v) is 10.4. The molecular formula is C15H13F3O2. The summed E-state index contributed by atoms with van der Waals surface area (Å²) in [6.45, 7) is 0. The zero-order chi connectivity index (χ0) is 14.8. The number of halogens is 3. The van der Waals surface area contributed by atoms with E-state index in [2.05, 4.69) is 0 Å². The van der Waals surface area contributed by atoms with E-state index < -0.39 is 18.5 Å². The van der Waals surface area contributed by atoms with Crippen LogP contribution in [0.4, 0.5) is 13.2 Å². The van der Waals surface area contributed by atoms with Crippen LogP contribution in [-0.4, -0.2) is 16.4 Å². The molecule has 2 rings (SSSR count). The summed E-state index contributed by atoms with van der Waals surface area (Å²) < 4.78 is 38.2. The molecule has 0 aliphatic rings. The average Bonchev–Trinajstić information content (AvgIpc) is 2.37. The molecule has 2 nitrogen and oxygen atoms in total. The molecule has 0 aliphatic heterocycles. The van der Waals surface area contributed by atoms with E-state index in [0.29, 0.717) is 11.1 Å². The number of phenolic OH excluding ortho intramolecular Hbond substituents is 2. The summed E-state index contributed by atoms with van der Waals surface area (Å²) in [6, 6.07) is 11.3. The number of aromatic hydroxyl groups is 2. The van der Waals surface area contributed by atoms with Crippen molar-refractivity contribution in [3.05, 3.63) is 59.7 Å². The topological polar surface area (TPSA) is 40.5 Å². The van der Waals surface area contributed by atoms with Gasteiger partial charge in [-0.1, -0.05) is 24.3 Å². The molecule has 0 saturated carbocycles. The van der Waals surface area contributed by atoms with E-state index in [1.54, 1.807) is 0 Å². The summed E-state index contributed by atoms with van der Waals surface area (Å²) in [5.74, 6) is -0.855. The Morgan fingerprint density at radius 1 is 0.750 bits per heavy atom. The third-order valence-corrected chi connectivity index (χ3v) is 3.03. The van der Waals surface area contributed by atoms with Gasteiger partial charge in [0.05, 0.1) is 6.42 Å². The van der Waals surface area contributed by atoms with Gasteiger partial charge in [-0.15, -0.1) is 0 Å². The van der Waals surface area contributed by atoms with Gasteiger partial charge in [0, 0.05) is 5.92 Å². The van der Waals surface area contributed by atoms with Gasteiger partial charge in [-0.05, 0) is 35.4 Å². The van der Waals surface area contributed by atoms with Crippen LogP contribution in [0.2, 0.25) is 0 Å². The molecule has 0 atom stereocenters. The normalized spacial score (nSPS) is 11.8. The largest absolute Gasteiger partial charge is 0.508 e. The SMILES string of the molecule is Oc1ccc(C(CC(F)(F)F)c2ccc(O)cc2)cc1. The molecular weight excluding hydrogens is 269 g/mol. The highest BCUT2D eigenvalue weighted by Gasteiger charge is 2.33. The maximum atomic E-state index is 12.7. The van der Waals surface area contributed by atoms with E-state index >= 15 is 0 Å². The van der Waals surface area contributed by atoms with Gasteiger partial charge in [0.25, 0.3) is 0 Å². The predicted molar refractivity (Wildman–Crippen MR) is 68.7 cm³/mol. The molecule has 2 aromatic carbocycles. The molecule has 0 unspecified atom stereocenters. The van der Waals surface area contributed by atoms with Gasteiger partial charge in [0.2, 0.25) is 0 Å². The van der Waals surface area contributed by atoms with Crippen LogP contribution in [0.1, 0.15) is 23.5 Å². The summed E-state index contributed by atoms with van der Waals surface area (Å²) >= 11 is 0.